The van der Waals surface area contributed by atoms with Crippen LogP contribution in [-0.2, 0) is 32.7 Å². The van der Waals surface area contributed by atoms with Crippen molar-refractivity contribution < 1.29 is 27.4 Å². The number of aromatic amines is 2. The van der Waals surface area contributed by atoms with Crippen LogP contribution >= 0.6 is 34.8 Å². The van der Waals surface area contributed by atoms with Crippen molar-refractivity contribution in [1.29, 1.82) is 5.26 Å². The lowest BCUT2D eigenvalue weighted by atomic mass is 10.2. The highest BCUT2D eigenvalue weighted by molar-refractivity contribution is 6.31. The number of nitrogens with one attached hydrogen (secondary N) is 5. The Labute approximate surface area is 540 Å². The molecule has 4 heterocycles. The number of benzene rings is 6. The van der Waals surface area contributed by atoms with E-state index < -0.39 is 58.1 Å². The van der Waals surface area contributed by atoms with E-state index in [9.17, 15) is 41.9 Å². The first kappa shape index (κ1) is 68.1. The van der Waals surface area contributed by atoms with Crippen LogP contribution in [0.2, 0.25) is 15.1 Å². The fourth-order valence-electron chi connectivity index (χ4n) is 8.44. The van der Waals surface area contributed by atoms with Crippen LogP contribution in [0.3, 0.4) is 0 Å². The third-order valence-electron chi connectivity index (χ3n) is 12.6. The second-order valence-corrected chi connectivity index (χ2v) is 22.1. The average molecular weight is 1340 g/mol. The fraction of sp³-hybridized carbons (Fsp3) is 0.230. The molecule has 0 spiro atoms. The first-order valence-electron chi connectivity index (χ1n) is 28.1. The van der Waals surface area contributed by atoms with Crippen molar-refractivity contribution in [3.8, 4) is 23.3 Å². The molecule has 93 heavy (non-hydrogen) atoms. The van der Waals surface area contributed by atoms with Crippen LogP contribution in [0.1, 0.15) is 64.1 Å². The van der Waals surface area contributed by atoms with Crippen molar-refractivity contribution in [1.82, 2.24) is 63.4 Å². The smallest absolute Gasteiger partial charge is 0.355 e. The first-order valence-corrected chi connectivity index (χ1v) is 29.2. The predicted molar refractivity (Wildman–Crippen MR) is 342 cm³/mol. The zero-order valence-corrected chi connectivity index (χ0v) is 52.5. The zero-order valence-electron chi connectivity index (χ0n) is 50.2. The van der Waals surface area contributed by atoms with E-state index in [1.807, 2.05) is 0 Å². The average Bonchev–Trinajstić information content (AvgIpc) is 1.63. The maximum atomic E-state index is 14.5. The third-order valence-corrected chi connectivity index (χ3v) is 13.3. The highest BCUT2D eigenvalue weighted by Crippen LogP contribution is 2.27. The van der Waals surface area contributed by atoms with Crippen LogP contribution in [-0.4, -0.2) is 81.7 Å². The van der Waals surface area contributed by atoms with E-state index in [1.165, 1.54) is 50.1 Å². The van der Waals surface area contributed by atoms with Gasteiger partial charge >= 0.3 is 34.1 Å². The van der Waals surface area contributed by atoms with E-state index in [0.717, 1.165) is 20.3 Å². The van der Waals surface area contributed by atoms with E-state index >= 15 is 0 Å². The number of nitriles is 1. The van der Waals surface area contributed by atoms with Crippen molar-refractivity contribution in [2.45, 2.75) is 92.6 Å². The number of anilines is 6. The SMILES string of the molecule is CC(C)Oc1ccc(Nc2nc(=O)[nH]c(=O)n2Cc2ccc(Cl)cc2)cc1F.CC(C)Oc1ccc(Nc2nc(=O)n(CC#N)c(=O)n2Cc2ccc(Cl)cc2)cc1F.CC(C)Oc1ccc(Nc2nc(=O)n(Cc3nn[nH]n3)c(=O)n2Cc2ccc(Cl)cc2)cc1F. The first-order chi connectivity index (χ1) is 44.4. The molecular formula is C61H57Cl3F3N17O9. The summed E-state index contributed by atoms with van der Waals surface area (Å²) in [5.41, 5.74) is -1.47. The summed E-state index contributed by atoms with van der Waals surface area (Å²) in [6, 6.07) is 34.9. The number of hydrogen-bond donors (Lipinski definition) is 5. The Kier molecular flexibility index (Phi) is 22.9. The van der Waals surface area contributed by atoms with Gasteiger partial charge in [0.15, 0.2) is 40.5 Å². The summed E-state index contributed by atoms with van der Waals surface area (Å²) < 4.78 is 64.5. The molecule has 0 saturated carbocycles. The number of hydrogen-bond acceptors (Lipinski definition) is 19. The Morgan fingerprint density at radius 1 is 0.495 bits per heavy atom. The Morgan fingerprint density at radius 2 is 0.860 bits per heavy atom. The molecule has 0 radical (unpaired) electrons. The van der Waals surface area contributed by atoms with Gasteiger partial charge in [0.25, 0.3) is 0 Å². The van der Waals surface area contributed by atoms with Crippen molar-refractivity contribution in [3.05, 3.63) is 245 Å². The minimum Gasteiger partial charge on any atom is -0.488 e. The van der Waals surface area contributed by atoms with Gasteiger partial charge in [-0.15, -0.1) is 10.2 Å². The third kappa shape index (κ3) is 18.9. The summed E-state index contributed by atoms with van der Waals surface area (Å²) in [6.07, 6.45) is -0.578. The molecule has 4 aromatic heterocycles. The van der Waals surface area contributed by atoms with Gasteiger partial charge in [0.2, 0.25) is 17.8 Å². The van der Waals surface area contributed by atoms with E-state index in [0.29, 0.717) is 26.3 Å². The van der Waals surface area contributed by atoms with Crippen LogP contribution in [0.4, 0.5) is 48.1 Å². The largest absolute Gasteiger partial charge is 0.488 e. The summed E-state index contributed by atoms with van der Waals surface area (Å²) >= 11 is 17.7. The number of H-pyrrole nitrogens is 2. The fourth-order valence-corrected chi connectivity index (χ4v) is 8.82. The summed E-state index contributed by atoms with van der Waals surface area (Å²) in [7, 11) is 0. The van der Waals surface area contributed by atoms with Crippen LogP contribution < -0.4 is 64.3 Å². The summed E-state index contributed by atoms with van der Waals surface area (Å²) in [5.74, 6) is -1.53. The topological polar surface area (TPSA) is 324 Å². The number of tetrazole rings is 1. The van der Waals surface area contributed by atoms with Gasteiger partial charge in [0.05, 0.1) is 50.6 Å². The lowest BCUT2D eigenvalue weighted by Gasteiger charge is -2.16. The number of aromatic nitrogens is 13. The van der Waals surface area contributed by atoms with Crippen molar-refractivity contribution in [2.24, 2.45) is 0 Å². The maximum Gasteiger partial charge on any atom is 0.355 e. The molecule has 0 fully saturated rings. The lowest BCUT2D eigenvalue weighted by molar-refractivity contribution is 0.231. The molecule has 6 aromatic carbocycles. The number of nitrogens with zero attached hydrogens (tertiary/aromatic N) is 12. The van der Waals surface area contributed by atoms with Gasteiger partial charge < -0.3 is 30.2 Å². The monoisotopic (exact) mass is 1330 g/mol. The summed E-state index contributed by atoms with van der Waals surface area (Å²) in [5, 5.41) is 32.3. The Bertz CT molecular complexity index is 4670. The number of ether oxygens (including phenoxy) is 3. The minimum atomic E-state index is -0.887. The van der Waals surface area contributed by atoms with Gasteiger partial charge in [-0.3, -0.25) is 18.7 Å². The van der Waals surface area contributed by atoms with E-state index in [1.54, 1.807) is 139 Å². The standard InChI is InChI=1S/C21H20ClFN8O3.C21H19ClFN5O3.C19H18ClFN4O3/c1-12(2)34-17-8-7-15(9-16(17)23)24-19-25-20(32)31(11-18-26-28-29-27-18)21(33)30(19)10-13-3-5-14(22)6-4-13;1-13(2)31-18-8-7-16(11-17(18)23)25-19-26-20(29)27(10-9-24)21(30)28(19)12-14-3-5-15(22)6-4-14;1-11(2)28-16-8-7-14(9-15(16)21)22-17-23-18(26)24-19(27)25(17)10-12-3-5-13(20)6-4-12/h3-9,12H,10-11H2,1-2H3,(H,24,25,32)(H,26,27,28,29);3-8,11,13H,10,12H2,1-2H3,(H,25,26,29);3-9,11H,10H2,1-2H3,(H2,22,23,24,26,27). The molecule has 26 nitrogen and oxygen atoms in total. The van der Waals surface area contributed by atoms with E-state index in [2.05, 4.69) is 56.5 Å². The Hall–Kier alpha value is -10.8. The van der Waals surface area contributed by atoms with Gasteiger partial charge in [-0.2, -0.15) is 25.4 Å². The second kappa shape index (κ2) is 31.3. The summed E-state index contributed by atoms with van der Waals surface area (Å²) in [6.45, 7) is 10.3. The lowest BCUT2D eigenvalue weighted by Crippen LogP contribution is -2.43. The predicted octanol–water partition coefficient (Wildman–Crippen LogP) is 8.94. The number of rotatable bonds is 21. The van der Waals surface area contributed by atoms with Crippen LogP contribution in [0.25, 0.3) is 0 Å². The molecule has 32 heteroatoms. The minimum absolute atomic E-state index is 0.0133. The highest BCUT2D eigenvalue weighted by Gasteiger charge is 2.20. The van der Waals surface area contributed by atoms with Crippen LogP contribution in [0.5, 0.6) is 17.2 Å². The van der Waals surface area contributed by atoms with Gasteiger partial charge in [-0.25, -0.2) is 51.1 Å². The molecule has 0 bridgehead atoms. The van der Waals surface area contributed by atoms with Crippen molar-refractivity contribution in [2.75, 3.05) is 16.0 Å². The van der Waals surface area contributed by atoms with Gasteiger partial charge in [-0.1, -0.05) is 76.4 Å². The molecule has 0 saturated heterocycles. The van der Waals surface area contributed by atoms with Crippen LogP contribution in [0, 0.1) is 28.8 Å². The summed E-state index contributed by atoms with van der Waals surface area (Å²) in [4.78, 5) is 88.9. The molecule has 0 amide bonds. The normalized spacial score (nSPS) is 10.9. The quantitative estimate of drug-likeness (QED) is 0.0448. The number of halogens is 6. The molecular weight excluding hydrogens is 1280 g/mol. The van der Waals surface area contributed by atoms with Gasteiger partial charge in [-0.05, 0) is 131 Å². The Balaban J connectivity index is 0.000000180. The van der Waals surface area contributed by atoms with E-state index in [-0.39, 0.29) is 96.8 Å². The molecule has 482 valence electrons. The molecule has 0 aliphatic carbocycles. The molecule has 0 aliphatic heterocycles. The molecule has 0 atom stereocenters. The molecule has 10 rings (SSSR count). The Morgan fingerprint density at radius 3 is 1.22 bits per heavy atom. The second-order valence-electron chi connectivity index (χ2n) is 20.8. The highest BCUT2D eigenvalue weighted by atomic mass is 35.5. The zero-order chi connectivity index (χ0) is 67.0. The van der Waals surface area contributed by atoms with Gasteiger partial charge in [0, 0.05) is 50.3 Å². The van der Waals surface area contributed by atoms with Crippen molar-refractivity contribution in [3.63, 3.8) is 0 Å². The molecule has 5 N–H and O–H groups in total. The van der Waals surface area contributed by atoms with E-state index in [4.69, 9.17) is 54.3 Å². The van der Waals surface area contributed by atoms with Crippen LogP contribution in [0.15, 0.2) is 156 Å². The van der Waals surface area contributed by atoms with Crippen molar-refractivity contribution >= 4 is 69.7 Å². The van der Waals surface area contributed by atoms with Gasteiger partial charge in [0.1, 0.15) is 6.54 Å². The molecule has 10 aromatic rings. The maximum absolute atomic E-state index is 14.5. The molecule has 0 unspecified atom stereocenters. The molecule has 0 aliphatic rings.